The molecule has 0 spiro atoms. The summed E-state index contributed by atoms with van der Waals surface area (Å²) in [5.74, 6) is 0. The molecule has 0 aliphatic rings. The van der Waals surface area contributed by atoms with Gasteiger partial charge in [-0.2, -0.15) is 8.78 Å². The summed E-state index contributed by atoms with van der Waals surface area (Å²) in [6.07, 6.45) is -4.12. The molecular weight excluding hydrogens is 233 g/mol. The topological polar surface area (TPSA) is 20.2 Å². The van der Waals surface area contributed by atoms with E-state index in [0.29, 0.717) is 0 Å². The molecule has 0 amide bonds. The summed E-state index contributed by atoms with van der Waals surface area (Å²) in [7, 11) is 0. The van der Waals surface area contributed by atoms with E-state index in [1.54, 1.807) is 0 Å². The molecule has 0 aromatic rings. The second-order valence-corrected chi connectivity index (χ2v) is 0.799. The van der Waals surface area contributed by atoms with E-state index < -0.39 is 12.8 Å². The van der Waals surface area contributed by atoms with Crippen LogP contribution in [0.1, 0.15) is 0 Å². The van der Waals surface area contributed by atoms with Crippen molar-refractivity contribution in [1.29, 1.82) is 0 Å². The van der Waals surface area contributed by atoms with Crippen molar-refractivity contribution >= 4 is 0 Å². The van der Waals surface area contributed by atoms with E-state index in [4.69, 9.17) is 5.11 Å². The standard InChI is InChI=1S/C2H3F3O.2ClH.Zn/c3-1-2(4,5)6;;;/h6H,1H2;2*1H;/q;;;+2/p-2. The van der Waals surface area contributed by atoms with Gasteiger partial charge in [0.05, 0.1) is 0 Å². The summed E-state index contributed by atoms with van der Waals surface area (Å²) in [4.78, 5) is 0. The molecule has 0 rings (SSSR count). The molecule has 0 atom stereocenters. The van der Waals surface area contributed by atoms with Gasteiger partial charge in [0.25, 0.3) is 0 Å². The number of alkyl halides is 3. The van der Waals surface area contributed by atoms with Crippen LogP contribution in [-0.2, 0) is 19.5 Å². The number of hydrogen-bond acceptors (Lipinski definition) is 1. The molecule has 54 valence electrons. The molecule has 9 heavy (non-hydrogen) atoms. The van der Waals surface area contributed by atoms with Gasteiger partial charge in [0.15, 0.2) is 6.67 Å². The van der Waals surface area contributed by atoms with E-state index in [1.807, 2.05) is 0 Å². The van der Waals surface area contributed by atoms with Gasteiger partial charge in [-0.25, -0.2) is 4.39 Å². The van der Waals surface area contributed by atoms with Gasteiger partial charge in [-0.05, 0) is 0 Å². The van der Waals surface area contributed by atoms with Gasteiger partial charge in [-0.3, -0.25) is 0 Å². The van der Waals surface area contributed by atoms with Crippen LogP contribution < -0.4 is 24.8 Å². The number of aliphatic hydroxyl groups is 1. The van der Waals surface area contributed by atoms with Crippen LogP contribution in [0.3, 0.4) is 0 Å². The molecule has 0 fully saturated rings. The van der Waals surface area contributed by atoms with Crippen molar-refractivity contribution in [3.8, 4) is 0 Å². The third-order valence-electron chi connectivity index (χ3n) is 0.161. The van der Waals surface area contributed by atoms with Gasteiger partial charge < -0.3 is 29.9 Å². The van der Waals surface area contributed by atoms with Crippen molar-refractivity contribution < 1.29 is 62.6 Å². The monoisotopic (exact) mass is 234 g/mol. The molecule has 0 saturated carbocycles. The Labute approximate surface area is 75.6 Å². The van der Waals surface area contributed by atoms with Crippen LogP contribution >= 0.6 is 0 Å². The Hall–Kier alpha value is 0.953. The number of hydrogen-bond donors (Lipinski definition) is 1. The summed E-state index contributed by atoms with van der Waals surface area (Å²) in [6.45, 7) is -2.01. The summed E-state index contributed by atoms with van der Waals surface area (Å²) < 4.78 is 31.8. The third-order valence-corrected chi connectivity index (χ3v) is 0.161. The zero-order chi connectivity index (χ0) is 5.21. The third kappa shape index (κ3) is 27.7. The Balaban J connectivity index is -0.0000000417. The Morgan fingerprint density at radius 1 is 1.22 bits per heavy atom. The predicted molar refractivity (Wildman–Crippen MR) is 13.1 cm³/mol. The first kappa shape index (κ1) is 22.5. The van der Waals surface area contributed by atoms with Gasteiger partial charge in [-0.15, -0.1) is 0 Å². The van der Waals surface area contributed by atoms with E-state index in [1.165, 1.54) is 0 Å². The maximum atomic E-state index is 10.6. The van der Waals surface area contributed by atoms with Crippen LogP contribution in [0, 0.1) is 0 Å². The van der Waals surface area contributed by atoms with Crippen LogP contribution in [0.15, 0.2) is 0 Å². The zero-order valence-electron chi connectivity index (χ0n) is 4.25. The molecular formula is C2H3Cl2F3OZn. The quantitative estimate of drug-likeness (QED) is 0.451. The van der Waals surface area contributed by atoms with E-state index in [2.05, 4.69) is 0 Å². The van der Waals surface area contributed by atoms with Crippen LogP contribution in [-0.4, -0.2) is 17.9 Å². The maximum absolute atomic E-state index is 10.6. The summed E-state index contributed by atoms with van der Waals surface area (Å²) in [5.41, 5.74) is 0. The average Bonchev–Trinajstić information content (AvgIpc) is 1.35. The van der Waals surface area contributed by atoms with Crippen LogP contribution in [0.5, 0.6) is 0 Å². The van der Waals surface area contributed by atoms with Crippen LogP contribution in [0.4, 0.5) is 13.2 Å². The van der Waals surface area contributed by atoms with E-state index in [-0.39, 0.29) is 44.3 Å². The van der Waals surface area contributed by atoms with Gasteiger partial charge >= 0.3 is 25.6 Å². The second kappa shape index (κ2) is 8.95. The normalized spacial score (nSPS) is 8.00. The predicted octanol–water partition coefficient (Wildman–Crippen LogP) is -5.45. The molecule has 0 heterocycles. The first-order valence-corrected chi connectivity index (χ1v) is 1.22. The van der Waals surface area contributed by atoms with Crippen molar-refractivity contribution in [1.82, 2.24) is 0 Å². The van der Waals surface area contributed by atoms with Crippen molar-refractivity contribution in [2.45, 2.75) is 6.11 Å². The minimum atomic E-state index is -4.12. The van der Waals surface area contributed by atoms with E-state index >= 15 is 0 Å². The van der Waals surface area contributed by atoms with Gasteiger partial charge in [-0.1, -0.05) is 0 Å². The number of rotatable bonds is 1. The van der Waals surface area contributed by atoms with E-state index in [9.17, 15) is 13.2 Å². The molecule has 0 radical (unpaired) electrons. The van der Waals surface area contributed by atoms with Crippen LogP contribution in [0.25, 0.3) is 0 Å². The molecule has 0 saturated heterocycles. The first-order chi connectivity index (χ1) is 2.56. The SMILES string of the molecule is OC(F)(F)CF.[Cl-].[Cl-].[Zn+2]. The Kier molecular flexibility index (Phi) is 22.4. The van der Waals surface area contributed by atoms with Gasteiger partial charge in [0, 0.05) is 0 Å². The van der Waals surface area contributed by atoms with E-state index in [0.717, 1.165) is 0 Å². The second-order valence-electron chi connectivity index (χ2n) is 0.799. The fraction of sp³-hybridized carbons (Fsp3) is 1.00. The first-order valence-electron chi connectivity index (χ1n) is 1.22. The minimum Gasteiger partial charge on any atom is -1.00 e. The maximum Gasteiger partial charge on any atom is 2.00 e. The van der Waals surface area contributed by atoms with Crippen molar-refractivity contribution in [2.24, 2.45) is 0 Å². The molecule has 0 unspecified atom stereocenters. The minimum absolute atomic E-state index is 0. The molecule has 0 aromatic heterocycles. The molecule has 0 aliphatic carbocycles. The molecule has 0 aliphatic heterocycles. The Bertz CT molecular complexity index is 49.6. The number of halogens is 5. The Morgan fingerprint density at radius 2 is 1.33 bits per heavy atom. The fourth-order valence-electron chi connectivity index (χ4n) is 0. The summed E-state index contributed by atoms with van der Waals surface area (Å²) >= 11 is 0. The molecule has 0 bridgehead atoms. The molecule has 1 nitrogen and oxygen atoms in total. The smallest absolute Gasteiger partial charge is 1.00 e. The largest absolute Gasteiger partial charge is 2.00 e. The van der Waals surface area contributed by atoms with Crippen LogP contribution in [0.2, 0.25) is 0 Å². The average molecular weight is 236 g/mol. The van der Waals surface area contributed by atoms with Crippen molar-refractivity contribution in [3.05, 3.63) is 0 Å². The summed E-state index contributed by atoms with van der Waals surface area (Å²) in [5, 5.41) is 7.12. The fourth-order valence-corrected chi connectivity index (χ4v) is 0. The molecule has 1 N–H and O–H groups in total. The van der Waals surface area contributed by atoms with Crippen molar-refractivity contribution in [2.75, 3.05) is 6.67 Å². The molecule has 7 heteroatoms. The van der Waals surface area contributed by atoms with Gasteiger partial charge in [0.2, 0.25) is 0 Å². The van der Waals surface area contributed by atoms with Crippen molar-refractivity contribution in [3.63, 3.8) is 0 Å². The zero-order valence-corrected chi connectivity index (χ0v) is 8.73. The van der Waals surface area contributed by atoms with Gasteiger partial charge in [0.1, 0.15) is 0 Å². The Morgan fingerprint density at radius 3 is 1.33 bits per heavy atom. The molecule has 0 aromatic carbocycles. The summed E-state index contributed by atoms with van der Waals surface area (Å²) in [6, 6.07) is 0.